The molecule has 1 aromatic carbocycles. The van der Waals surface area contributed by atoms with Gasteiger partial charge in [0.2, 0.25) is 18.3 Å². The standard InChI is InChI=1S/C24H25F9N4O2/c25-15(26)9-13(20(38)34-10-24(31,32)33)12-1-2-14-18(16(12)27)36-19(35-14)17(37-21(39)22(28)7-8-22)11-3-5-23(29,30)6-4-11/h1-2,11,13,15,17H,3-10H2,(H,34,38)(H,35,36)(H,37,39)/t13-,17-/m0/s1. The zero-order valence-electron chi connectivity index (χ0n) is 20.3. The van der Waals surface area contributed by atoms with Crippen LogP contribution in [0.15, 0.2) is 12.1 Å². The van der Waals surface area contributed by atoms with E-state index in [0.29, 0.717) is 0 Å². The first-order valence-corrected chi connectivity index (χ1v) is 12.3. The van der Waals surface area contributed by atoms with Crippen LogP contribution in [0.25, 0.3) is 11.0 Å². The van der Waals surface area contributed by atoms with Crippen LogP contribution in [0.4, 0.5) is 39.5 Å². The number of alkyl halides is 8. The SMILES string of the molecule is O=C(NCC(F)(F)F)[C@@H](CC(F)F)c1ccc2[nH]c([C@@H](NC(=O)C3(F)CC3)C3CCC(F)(F)CC3)nc2c1F. The predicted octanol–water partition coefficient (Wildman–Crippen LogP) is 5.60. The number of benzene rings is 1. The van der Waals surface area contributed by atoms with Crippen LogP contribution < -0.4 is 10.6 Å². The molecule has 2 fully saturated rings. The first-order chi connectivity index (χ1) is 18.1. The number of amides is 2. The van der Waals surface area contributed by atoms with Gasteiger partial charge in [0.05, 0.1) is 17.5 Å². The minimum Gasteiger partial charge on any atom is -0.346 e. The zero-order valence-corrected chi connectivity index (χ0v) is 20.3. The molecule has 2 amide bonds. The number of hydrogen-bond donors (Lipinski definition) is 3. The van der Waals surface area contributed by atoms with Gasteiger partial charge in [0.15, 0.2) is 11.5 Å². The first-order valence-electron chi connectivity index (χ1n) is 12.3. The van der Waals surface area contributed by atoms with Gasteiger partial charge in [-0.3, -0.25) is 9.59 Å². The van der Waals surface area contributed by atoms with Gasteiger partial charge in [-0.05, 0) is 37.7 Å². The number of nitrogens with zero attached hydrogens (tertiary/aromatic N) is 1. The minimum absolute atomic E-state index is 0.0143. The van der Waals surface area contributed by atoms with Crippen molar-refractivity contribution in [2.45, 2.75) is 81.1 Å². The molecule has 2 saturated carbocycles. The number of hydrogen-bond acceptors (Lipinski definition) is 3. The molecule has 4 rings (SSSR count). The summed E-state index contributed by atoms with van der Waals surface area (Å²) in [5, 5.41) is 3.96. The van der Waals surface area contributed by atoms with Crippen LogP contribution in [-0.2, 0) is 9.59 Å². The Hall–Kier alpha value is -3.00. The Bertz CT molecular complexity index is 1220. The number of aromatic nitrogens is 2. The average Bonchev–Trinajstić information content (AvgIpc) is 3.44. The fourth-order valence-electron chi connectivity index (χ4n) is 4.77. The van der Waals surface area contributed by atoms with Crippen molar-refractivity contribution in [1.82, 2.24) is 20.6 Å². The van der Waals surface area contributed by atoms with Crippen LogP contribution in [0.1, 0.15) is 68.3 Å². The highest BCUT2D eigenvalue weighted by atomic mass is 19.4. The predicted molar refractivity (Wildman–Crippen MR) is 119 cm³/mol. The molecule has 0 spiro atoms. The molecule has 2 aromatic rings. The topological polar surface area (TPSA) is 86.9 Å². The summed E-state index contributed by atoms with van der Waals surface area (Å²) >= 11 is 0. The summed E-state index contributed by atoms with van der Waals surface area (Å²) in [5.41, 5.74) is -3.21. The molecular weight excluding hydrogens is 547 g/mol. The Labute approximate surface area is 216 Å². The average molecular weight is 572 g/mol. The van der Waals surface area contributed by atoms with E-state index < -0.39 is 96.6 Å². The largest absolute Gasteiger partial charge is 0.405 e. The van der Waals surface area contributed by atoms with E-state index in [2.05, 4.69) is 15.3 Å². The van der Waals surface area contributed by atoms with Crippen LogP contribution >= 0.6 is 0 Å². The summed E-state index contributed by atoms with van der Waals surface area (Å²) in [5.74, 6) is -9.29. The quantitative estimate of drug-likeness (QED) is 0.342. The van der Waals surface area contributed by atoms with Crippen molar-refractivity contribution in [3.63, 3.8) is 0 Å². The molecule has 6 nitrogen and oxygen atoms in total. The van der Waals surface area contributed by atoms with Gasteiger partial charge in [-0.15, -0.1) is 0 Å². The van der Waals surface area contributed by atoms with Crippen molar-refractivity contribution in [3.8, 4) is 0 Å². The fourth-order valence-corrected chi connectivity index (χ4v) is 4.77. The van der Waals surface area contributed by atoms with Crippen LogP contribution in [-0.4, -0.2) is 52.5 Å². The molecule has 216 valence electrons. The lowest BCUT2D eigenvalue weighted by Crippen LogP contribution is -2.41. The Morgan fingerprint density at radius 3 is 2.28 bits per heavy atom. The molecule has 3 N–H and O–H groups in total. The second-order valence-corrected chi connectivity index (χ2v) is 10.1. The van der Waals surface area contributed by atoms with Crippen LogP contribution in [0.5, 0.6) is 0 Å². The van der Waals surface area contributed by atoms with E-state index in [0.717, 1.165) is 6.07 Å². The fraction of sp³-hybridized carbons (Fsp3) is 0.625. The normalized spacial score (nSPS) is 20.6. The molecule has 15 heteroatoms. The van der Waals surface area contributed by atoms with Gasteiger partial charge in [-0.25, -0.2) is 31.3 Å². The molecule has 2 aliphatic carbocycles. The van der Waals surface area contributed by atoms with Crippen molar-refractivity contribution in [2.75, 3.05) is 6.54 Å². The molecule has 1 aromatic heterocycles. The third kappa shape index (κ3) is 6.78. The smallest absolute Gasteiger partial charge is 0.346 e. The third-order valence-corrected chi connectivity index (χ3v) is 7.12. The van der Waals surface area contributed by atoms with Gasteiger partial charge in [0.25, 0.3) is 5.91 Å². The van der Waals surface area contributed by atoms with E-state index in [1.165, 1.54) is 11.4 Å². The summed E-state index contributed by atoms with van der Waals surface area (Å²) in [7, 11) is 0. The highest BCUT2D eigenvalue weighted by Gasteiger charge is 2.52. The number of aromatic amines is 1. The van der Waals surface area contributed by atoms with Gasteiger partial charge in [-0.2, -0.15) is 13.2 Å². The Morgan fingerprint density at radius 2 is 1.72 bits per heavy atom. The van der Waals surface area contributed by atoms with Crippen molar-refractivity contribution >= 4 is 22.8 Å². The van der Waals surface area contributed by atoms with Crippen molar-refractivity contribution in [3.05, 3.63) is 29.3 Å². The highest BCUT2D eigenvalue weighted by molar-refractivity contribution is 5.88. The molecule has 0 aliphatic heterocycles. The molecular formula is C24H25F9N4O2. The number of H-pyrrole nitrogens is 1. The second-order valence-electron chi connectivity index (χ2n) is 10.1. The Kier molecular flexibility index (Phi) is 7.83. The molecule has 0 saturated heterocycles. The van der Waals surface area contributed by atoms with E-state index in [4.69, 9.17) is 0 Å². The number of fused-ring (bicyclic) bond motifs is 1. The third-order valence-electron chi connectivity index (χ3n) is 7.12. The van der Waals surface area contributed by atoms with Crippen molar-refractivity contribution in [2.24, 2.45) is 5.92 Å². The zero-order chi connectivity index (χ0) is 28.8. The number of carbonyl (C=O) groups is 2. The van der Waals surface area contributed by atoms with E-state index in [-0.39, 0.29) is 37.0 Å². The van der Waals surface area contributed by atoms with E-state index >= 15 is 4.39 Å². The minimum atomic E-state index is -4.83. The molecule has 1 heterocycles. The second kappa shape index (κ2) is 10.5. The molecule has 2 aliphatic rings. The summed E-state index contributed by atoms with van der Waals surface area (Å²) in [6.07, 6.45) is -10.4. The number of halogens is 9. The summed E-state index contributed by atoms with van der Waals surface area (Å²) in [4.78, 5) is 31.6. The van der Waals surface area contributed by atoms with Gasteiger partial charge < -0.3 is 15.6 Å². The number of carbonyl (C=O) groups excluding carboxylic acids is 2. The lowest BCUT2D eigenvalue weighted by Gasteiger charge is -2.33. The lowest BCUT2D eigenvalue weighted by molar-refractivity contribution is -0.139. The maximum absolute atomic E-state index is 15.5. The highest BCUT2D eigenvalue weighted by Crippen LogP contribution is 2.44. The molecule has 0 unspecified atom stereocenters. The van der Waals surface area contributed by atoms with Gasteiger partial charge in [0, 0.05) is 24.8 Å². The Balaban J connectivity index is 1.67. The van der Waals surface area contributed by atoms with E-state index in [1.807, 2.05) is 0 Å². The molecule has 0 bridgehead atoms. The van der Waals surface area contributed by atoms with Crippen LogP contribution in [0.3, 0.4) is 0 Å². The summed E-state index contributed by atoms with van der Waals surface area (Å²) in [6.45, 7) is -1.81. The van der Waals surface area contributed by atoms with Crippen LogP contribution in [0.2, 0.25) is 0 Å². The van der Waals surface area contributed by atoms with E-state index in [1.54, 1.807) is 0 Å². The Morgan fingerprint density at radius 1 is 1.08 bits per heavy atom. The van der Waals surface area contributed by atoms with Crippen molar-refractivity contribution in [1.29, 1.82) is 0 Å². The number of rotatable bonds is 9. The summed E-state index contributed by atoms with van der Waals surface area (Å²) < 4.78 is 121. The van der Waals surface area contributed by atoms with Gasteiger partial charge in [0.1, 0.15) is 17.9 Å². The number of nitrogens with one attached hydrogen (secondary N) is 3. The van der Waals surface area contributed by atoms with Gasteiger partial charge >= 0.3 is 6.18 Å². The molecule has 0 radical (unpaired) electrons. The number of imidazole rings is 1. The summed E-state index contributed by atoms with van der Waals surface area (Å²) in [6, 6.07) is 1.02. The monoisotopic (exact) mass is 572 g/mol. The van der Waals surface area contributed by atoms with Crippen molar-refractivity contribution < 1.29 is 49.1 Å². The van der Waals surface area contributed by atoms with E-state index in [9.17, 15) is 44.7 Å². The van der Waals surface area contributed by atoms with Gasteiger partial charge in [-0.1, -0.05) is 6.07 Å². The first kappa shape index (κ1) is 29.0. The maximum Gasteiger partial charge on any atom is 0.405 e. The van der Waals surface area contributed by atoms with Crippen LogP contribution in [0, 0.1) is 11.7 Å². The lowest BCUT2D eigenvalue weighted by atomic mass is 9.81. The maximum atomic E-state index is 15.5. The molecule has 39 heavy (non-hydrogen) atoms. The molecule has 2 atom stereocenters.